The minimum absolute atomic E-state index is 0.278. The molecule has 18 heavy (non-hydrogen) atoms. The van der Waals surface area contributed by atoms with Gasteiger partial charge in [0, 0.05) is 5.54 Å². The Kier molecular flexibility index (Phi) is 3.25. The first-order valence-corrected chi connectivity index (χ1v) is 8.17. The molecule has 0 aromatic carbocycles. The maximum Gasteiger partial charge on any atom is 0.00966 e. The number of rotatable bonds is 3. The Hall–Kier alpha value is -0.0400. The van der Waals surface area contributed by atoms with Crippen LogP contribution >= 0.6 is 0 Å². The van der Waals surface area contributed by atoms with Crippen LogP contribution in [0.15, 0.2) is 0 Å². The summed E-state index contributed by atoms with van der Waals surface area (Å²) in [5, 5.41) is 3.73. The standard InChI is InChI=1S/C17H31N/c1-11(10-18-17(2,3)4)16-14-6-12-5-13(8-14)9-15(16)7-12/h11-16,18H,5-10H2,1-4H3. The molecule has 1 atom stereocenters. The van der Waals surface area contributed by atoms with Crippen molar-refractivity contribution >= 4 is 0 Å². The van der Waals surface area contributed by atoms with Crippen LogP contribution in [0.4, 0.5) is 0 Å². The molecule has 0 saturated heterocycles. The molecule has 0 aromatic heterocycles. The molecule has 4 bridgehead atoms. The van der Waals surface area contributed by atoms with Crippen LogP contribution < -0.4 is 5.32 Å². The van der Waals surface area contributed by atoms with Gasteiger partial charge in [-0.1, -0.05) is 6.92 Å². The van der Waals surface area contributed by atoms with Crippen molar-refractivity contribution in [2.24, 2.45) is 35.5 Å². The van der Waals surface area contributed by atoms with Crippen LogP contribution in [0, 0.1) is 35.5 Å². The average molecular weight is 249 g/mol. The first-order valence-electron chi connectivity index (χ1n) is 8.17. The molecular weight excluding hydrogens is 218 g/mol. The second-order valence-corrected chi connectivity index (χ2v) is 8.62. The zero-order chi connectivity index (χ0) is 12.9. The summed E-state index contributed by atoms with van der Waals surface area (Å²) >= 11 is 0. The largest absolute Gasteiger partial charge is 0.312 e. The minimum atomic E-state index is 0.278. The molecule has 1 heteroatoms. The van der Waals surface area contributed by atoms with Crippen LogP contribution in [-0.4, -0.2) is 12.1 Å². The van der Waals surface area contributed by atoms with Gasteiger partial charge >= 0.3 is 0 Å². The SMILES string of the molecule is CC(CNC(C)(C)C)C1C2CC3CC(C2)CC1C3. The maximum absolute atomic E-state index is 3.73. The van der Waals surface area contributed by atoms with Crippen LogP contribution in [0.5, 0.6) is 0 Å². The molecule has 1 N–H and O–H groups in total. The molecule has 4 fully saturated rings. The van der Waals surface area contributed by atoms with Gasteiger partial charge in [0.25, 0.3) is 0 Å². The molecule has 104 valence electrons. The summed E-state index contributed by atoms with van der Waals surface area (Å²) in [6.45, 7) is 10.6. The molecule has 4 aliphatic carbocycles. The molecule has 4 saturated carbocycles. The molecule has 0 amide bonds. The van der Waals surface area contributed by atoms with E-state index in [1.54, 1.807) is 32.1 Å². The van der Waals surface area contributed by atoms with Crippen LogP contribution in [0.25, 0.3) is 0 Å². The molecular formula is C17H31N. The first kappa shape index (κ1) is 13.0. The molecule has 0 aromatic rings. The van der Waals surface area contributed by atoms with E-state index in [1.807, 2.05) is 0 Å². The second kappa shape index (κ2) is 4.51. The monoisotopic (exact) mass is 249 g/mol. The van der Waals surface area contributed by atoms with Gasteiger partial charge in [0.05, 0.1) is 0 Å². The van der Waals surface area contributed by atoms with Crippen molar-refractivity contribution in [2.75, 3.05) is 6.54 Å². The Morgan fingerprint density at radius 1 is 0.944 bits per heavy atom. The van der Waals surface area contributed by atoms with E-state index in [0.29, 0.717) is 0 Å². The van der Waals surface area contributed by atoms with Crippen molar-refractivity contribution in [3.63, 3.8) is 0 Å². The first-order chi connectivity index (χ1) is 8.42. The smallest absolute Gasteiger partial charge is 0.00966 e. The Morgan fingerprint density at radius 2 is 1.44 bits per heavy atom. The highest BCUT2D eigenvalue weighted by molar-refractivity contribution is 4.99. The molecule has 0 heterocycles. The highest BCUT2D eigenvalue weighted by atomic mass is 14.9. The van der Waals surface area contributed by atoms with Crippen LogP contribution in [0.3, 0.4) is 0 Å². The van der Waals surface area contributed by atoms with Crippen molar-refractivity contribution in [1.29, 1.82) is 0 Å². The van der Waals surface area contributed by atoms with Gasteiger partial charge < -0.3 is 5.32 Å². The number of hydrogen-bond acceptors (Lipinski definition) is 1. The van der Waals surface area contributed by atoms with Crippen molar-refractivity contribution < 1.29 is 0 Å². The van der Waals surface area contributed by atoms with Crippen molar-refractivity contribution in [3.8, 4) is 0 Å². The number of nitrogens with one attached hydrogen (secondary N) is 1. The predicted octanol–water partition coefficient (Wildman–Crippen LogP) is 4.08. The topological polar surface area (TPSA) is 12.0 Å². The van der Waals surface area contributed by atoms with Gasteiger partial charge in [0.2, 0.25) is 0 Å². The molecule has 4 rings (SSSR count). The zero-order valence-electron chi connectivity index (χ0n) is 12.7. The normalized spacial score (nSPS) is 44.3. The molecule has 0 aliphatic heterocycles. The zero-order valence-corrected chi connectivity index (χ0v) is 12.7. The number of hydrogen-bond donors (Lipinski definition) is 1. The molecule has 1 nitrogen and oxygen atoms in total. The maximum atomic E-state index is 3.73. The summed E-state index contributed by atoms with van der Waals surface area (Å²) in [6, 6.07) is 0. The quantitative estimate of drug-likeness (QED) is 0.794. The van der Waals surface area contributed by atoms with Crippen LogP contribution in [0.2, 0.25) is 0 Å². The molecule has 0 spiro atoms. The van der Waals surface area contributed by atoms with Crippen molar-refractivity contribution in [1.82, 2.24) is 5.32 Å². The highest BCUT2D eigenvalue weighted by Gasteiger charge is 2.49. The van der Waals surface area contributed by atoms with Gasteiger partial charge in [-0.2, -0.15) is 0 Å². The lowest BCUT2D eigenvalue weighted by Crippen LogP contribution is -2.50. The Bertz CT molecular complexity index is 273. The van der Waals surface area contributed by atoms with Crippen molar-refractivity contribution in [3.05, 3.63) is 0 Å². The van der Waals surface area contributed by atoms with E-state index in [2.05, 4.69) is 33.0 Å². The fourth-order valence-electron chi connectivity index (χ4n) is 5.50. The summed E-state index contributed by atoms with van der Waals surface area (Å²) in [5.74, 6) is 6.31. The van der Waals surface area contributed by atoms with Gasteiger partial charge in [-0.15, -0.1) is 0 Å². The third-order valence-corrected chi connectivity index (χ3v) is 5.91. The van der Waals surface area contributed by atoms with E-state index in [1.165, 1.54) is 6.54 Å². The lowest BCUT2D eigenvalue weighted by atomic mass is 9.50. The summed E-state index contributed by atoms with van der Waals surface area (Å²) in [5.41, 5.74) is 0.278. The third kappa shape index (κ3) is 2.48. The molecule has 1 unspecified atom stereocenters. The third-order valence-electron chi connectivity index (χ3n) is 5.91. The second-order valence-electron chi connectivity index (χ2n) is 8.62. The van der Waals surface area contributed by atoms with E-state index >= 15 is 0 Å². The van der Waals surface area contributed by atoms with Crippen LogP contribution in [0.1, 0.15) is 59.8 Å². The predicted molar refractivity (Wildman–Crippen MR) is 77.5 cm³/mol. The summed E-state index contributed by atoms with van der Waals surface area (Å²) in [6.07, 6.45) is 7.85. The summed E-state index contributed by atoms with van der Waals surface area (Å²) < 4.78 is 0. The minimum Gasteiger partial charge on any atom is -0.312 e. The van der Waals surface area contributed by atoms with Gasteiger partial charge in [-0.3, -0.25) is 0 Å². The van der Waals surface area contributed by atoms with Crippen molar-refractivity contribution in [2.45, 2.75) is 65.3 Å². The lowest BCUT2D eigenvalue weighted by Gasteiger charge is -2.56. The van der Waals surface area contributed by atoms with E-state index in [0.717, 1.165) is 35.5 Å². The summed E-state index contributed by atoms with van der Waals surface area (Å²) in [7, 11) is 0. The highest BCUT2D eigenvalue weighted by Crippen LogP contribution is 2.58. The Morgan fingerprint density at radius 3 is 1.89 bits per heavy atom. The summed E-state index contributed by atoms with van der Waals surface area (Å²) in [4.78, 5) is 0. The van der Waals surface area contributed by atoms with Gasteiger partial charge in [-0.05, 0) is 94.9 Å². The Balaban J connectivity index is 1.62. The van der Waals surface area contributed by atoms with Gasteiger partial charge in [-0.25, -0.2) is 0 Å². The molecule has 4 aliphatic rings. The van der Waals surface area contributed by atoms with Crippen LogP contribution in [-0.2, 0) is 0 Å². The fourth-order valence-corrected chi connectivity index (χ4v) is 5.50. The van der Waals surface area contributed by atoms with E-state index < -0.39 is 0 Å². The average Bonchev–Trinajstić information content (AvgIpc) is 2.23. The fraction of sp³-hybridized carbons (Fsp3) is 1.00. The lowest BCUT2D eigenvalue weighted by molar-refractivity contribution is -0.0587. The van der Waals surface area contributed by atoms with E-state index in [9.17, 15) is 0 Å². The van der Waals surface area contributed by atoms with E-state index in [-0.39, 0.29) is 5.54 Å². The van der Waals surface area contributed by atoms with Gasteiger partial charge in [0.15, 0.2) is 0 Å². The molecule has 0 radical (unpaired) electrons. The Labute approximate surface area is 113 Å². The van der Waals surface area contributed by atoms with Gasteiger partial charge in [0.1, 0.15) is 0 Å². The van der Waals surface area contributed by atoms with E-state index in [4.69, 9.17) is 0 Å².